The van der Waals surface area contributed by atoms with Crippen LogP contribution >= 0.6 is 0 Å². The number of nitrogens with zero attached hydrogens (tertiary/aromatic N) is 1. The molecule has 4 aliphatic rings. The molecule has 36 heavy (non-hydrogen) atoms. The molecule has 7 N–H and O–H groups in total. The number of nitrogens with two attached hydrogens (primary N) is 2. The topological polar surface area (TPSA) is 159 Å². The summed E-state index contributed by atoms with van der Waals surface area (Å²) in [6, 6.07) is -0.310. The number of aliphatic hydroxyl groups excluding tert-OH is 2. The number of anilines is 1. The van der Waals surface area contributed by atoms with Gasteiger partial charge in [-0.1, -0.05) is 6.08 Å². The molecule has 192 valence electrons. The van der Waals surface area contributed by atoms with E-state index in [4.69, 9.17) is 16.2 Å². The summed E-state index contributed by atoms with van der Waals surface area (Å²) in [7, 11) is 3.23. The van der Waals surface area contributed by atoms with Crippen molar-refractivity contribution in [1.82, 2.24) is 4.90 Å². The number of fused-ring (bicyclic) bond motifs is 2. The van der Waals surface area contributed by atoms with Gasteiger partial charge in [0.15, 0.2) is 11.4 Å². The van der Waals surface area contributed by atoms with E-state index in [0.717, 1.165) is 0 Å². The van der Waals surface area contributed by atoms with Crippen molar-refractivity contribution in [2.75, 3.05) is 26.4 Å². The Bertz CT molecular complexity index is 1330. The largest absolute Gasteiger partial charge is 0.510 e. The number of ketones is 1. The van der Waals surface area contributed by atoms with Gasteiger partial charge >= 0.3 is 6.18 Å². The highest BCUT2D eigenvalue weighted by atomic mass is 19.4. The molecule has 1 aromatic carbocycles. The number of carbonyl (C=O) groups excluding carboxylic acids is 2. The molecule has 0 aromatic heterocycles. The van der Waals surface area contributed by atoms with Gasteiger partial charge in [-0.05, 0) is 44.5 Å². The van der Waals surface area contributed by atoms with Crippen molar-refractivity contribution in [1.29, 1.82) is 0 Å². The summed E-state index contributed by atoms with van der Waals surface area (Å²) in [5, 5.41) is 32.7. The minimum Gasteiger partial charge on any atom is -0.510 e. The number of phenolic OH excluding ortho intramolecular Hbond substituents is 1. The van der Waals surface area contributed by atoms with Gasteiger partial charge in [0.05, 0.1) is 35.0 Å². The fourth-order valence-electron chi connectivity index (χ4n) is 6.42. The highest BCUT2D eigenvalue weighted by molar-refractivity contribution is 6.14. The van der Waals surface area contributed by atoms with E-state index in [1.807, 2.05) is 0 Å². The highest BCUT2D eigenvalue weighted by Crippen LogP contribution is 2.58. The Morgan fingerprint density at radius 1 is 1.25 bits per heavy atom. The molecule has 0 bridgehead atoms. The fraction of sp³-hybridized carbons (Fsp3) is 0.417. The number of alkyl halides is 3. The first-order valence-electron chi connectivity index (χ1n) is 11.2. The molecule has 1 amide bonds. The summed E-state index contributed by atoms with van der Waals surface area (Å²) in [4.78, 5) is 28.1. The van der Waals surface area contributed by atoms with E-state index in [9.17, 15) is 38.1 Å². The van der Waals surface area contributed by atoms with Crippen LogP contribution in [0.5, 0.6) is 5.75 Å². The summed E-state index contributed by atoms with van der Waals surface area (Å²) in [6.07, 6.45) is -3.66. The second kappa shape index (κ2) is 7.50. The summed E-state index contributed by atoms with van der Waals surface area (Å²) in [6.45, 7) is -0.0898. The molecule has 0 radical (unpaired) electrons. The maximum Gasteiger partial charge on any atom is 0.416 e. The van der Waals surface area contributed by atoms with Crippen LogP contribution < -0.4 is 11.5 Å². The number of carbonyl (C=O) groups is 2. The summed E-state index contributed by atoms with van der Waals surface area (Å²) < 4.78 is 47.6. The number of hydrogen-bond donors (Lipinski definition) is 5. The van der Waals surface area contributed by atoms with Gasteiger partial charge in [0.1, 0.15) is 17.3 Å². The Morgan fingerprint density at radius 3 is 2.50 bits per heavy atom. The maximum absolute atomic E-state index is 14.1. The van der Waals surface area contributed by atoms with E-state index >= 15 is 0 Å². The SMILES string of the molecule is CN(C)[C@@H]1C(O)=C(C(N)=O)C2=CCO[C@@]23C(=O)C2=C(O)c4c(O)c(N)cc(C(F)(F)F)c4C[C@H]2C[C@@H]13. The van der Waals surface area contributed by atoms with E-state index in [2.05, 4.69) is 0 Å². The molecule has 1 aromatic rings. The van der Waals surface area contributed by atoms with Gasteiger partial charge in [-0.15, -0.1) is 0 Å². The number of likely N-dealkylation sites (N-methyl/N-ethyl adjacent to an activating group) is 1. The number of hydrogen-bond acceptors (Lipinski definition) is 8. The van der Waals surface area contributed by atoms with Crippen LogP contribution in [0.2, 0.25) is 0 Å². The van der Waals surface area contributed by atoms with Crippen molar-refractivity contribution in [2.45, 2.75) is 30.7 Å². The Morgan fingerprint density at radius 2 is 1.92 bits per heavy atom. The number of aromatic hydroxyl groups is 1. The number of Topliss-reactive ketones (excluding diaryl/α,β-unsaturated/α-hetero) is 1. The smallest absolute Gasteiger partial charge is 0.416 e. The quantitative estimate of drug-likeness (QED) is 0.300. The van der Waals surface area contributed by atoms with Crippen molar-refractivity contribution in [3.63, 3.8) is 0 Å². The van der Waals surface area contributed by atoms with E-state index in [1.165, 1.54) is 6.08 Å². The van der Waals surface area contributed by atoms with Crippen molar-refractivity contribution in [3.8, 4) is 5.75 Å². The van der Waals surface area contributed by atoms with Crippen LogP contribution in [0.15, 0.2) is 34.6 Å². The molecule has 9 nitrogen and oxygen atoms in total. The van der Waals surface area contributed by atoms with Gasteiger partial charge < -0.3 is 31.5 Å². The Balaban J connectivity index is 1.78. The van der Waals surface area contributed by atoms with Gasteiger partial charge in [0.2, 0.25) is 0 Å². The average Bonchev–Trinajstić information content (AvgIpc) is 3.19. The minimum absolute atomic E-state index is 0.0310. The Labute approximate surface area is 203 Å². The first-order chi connectivity index (χ1) is 16.7. The molecular weight excluding hydrogens is 483 g/mol. The monoisotopic (exact) mass is 507 g/mol. The summed E-state index contributed by atoms with van der Waals surface area (Å²) in [5.74, 6) is -5.36. The molecule has 5 rings (SSSR count). The molecule has 1 heterocycles. The van der Waals surface area contributed by atoms with Crippen LogP contribution in [0.25, 0.3) is 5.76 Å². The van der Waals surface area contributed by atoms with Crippen LogP contribution in [-0.4, -0.2) is 64.3 Å². The first kappa shape index (κ1) is 24.2. The first-order valence-corrected chi connectivity index (χ1v) is 11.2. The third-order valence-corrected chi connectivity index (χ3v) is 7.72. The third-order valence-electron chi connectivity index (χ3n) is 7.72. The van der Waals surface area contributed by atoms with Gasteiger partial charge in [-0.3, -0.25) is 14.5 Å². The lowest BCUT2D eigenvalue weighted by Crippen LogP contribution is -2.63. The van der Waals surface area contributed by atoms with Gasteiger partial charge in [0, 0.05) is 17.1 Å². The van der Waals surface area contributed by atoms with Crippen molar-refractivity contribution in [2.24, 2.45) is 17.6 Å². The highest BCUT2D eigenvalue weighted by Gasteiger charge is 2.65. The molecule has 1 saturated carbocycles. The normalized spacial score (nSPS) is 29.6. The molecule has 1 aliphatic heterocycles. The van der Waals surface area contributed by atoms with Crippen LogP contribution in [0.1, 0.15) is 23.1 Å². The summed E-state index contributed by atoms with van der Waals surface area (Å²) >= 11 is 0. The van der Waals surface area contributed by atoms with Gasteiger partial charge in [-0.25, -0.2) is 0 Å². The van der Waals surface area contributed by atoms with Crippen LogP contribution in [0.3, 0.4) is 0 Å². The van der Waals surface area contributed by atoms with E-state index in [-0.39, 0.29) is 47.5 Å². The Hall–Kier alpha value is -3.51. The molecule has 4 atom stereocenters. The zero-order valence-corrected chi connectivity index (χ0v) is 19.3. The van der Waals surface area contributed by atoms with E-state index < -0.39 is 69.7 Å². The Kier molecular flexibility index (Phi) is 5.04. The molecule has 0 unspecified atom stereocenters. The molecular formula is C24H24F3N3O6. The minimum atomic E-state index is -4.83. The van der Waals surface area contributed by atoms with Gasteiger partial charge in [0.25, 0.3) is 5.91 Å². The van der Waals surface area contributed by atoms with Crippen LogP contribution in [0.4, 0.5) is 18.9 Å². The summed E-state index contributed by atoms with van der Waals surface area (Å²) in [5.41, 5.74) is 6.33. The molecule has 1 fully saturated rings. The fourth-order valence-corrected chi connectivity index (χ4v) is 6.42. The lowest BCUT2D eigenvalue weighted by Gasteiger charge is -2.52. The van der Waals surface area contributed by atoms with Gasteiger partial charge in [-0.2, -0.15) is 13.2 Å². The number of aliphatic hydroxyl groups is 2. The predicted octanol–water partition coefficient (Wildman–Crippen LogP) is 1.96. The average molecular weight is 507 g/mol. The molecule has 3 aliphatic carbocycles. The number of nitrogen functional groups attached to an aromatic ring is 1. The zero-order chi connectivity index (χ0) is 26.5. The second-order valence-corrected chi connectivity index (χ2v) is 9.75. The lowest BCUT2D eigenvalue weighted by atomic mass is 9.56. The number of amides is 1. The molecule has 0 saturated heterocycles. The number of benzene rings is 1. The van der Waals surface area contributed by atoms with Crippen molar-refractivity contribution < 1.29 is 42.8 Å². The standard InChI is InChI=1S/C24H24F3N3O6/c1-30(2)17-12-6-8-5-9-11(24(25,26)27)7-13(28)18(31)15(9)19(32)14(8)21(34)23(12)10(3-4-36-23)16(20(17)33)22(29)35/h3,7-8,12,17,31-33H,4-6,28H2,1-2H3,(H2,29,35)/t8-,12-,17-,23-/m0/s1. The van der Waals surface area contributed by atoms with Crippen LogP contribution in [-0.2, 0) is 26.9 Å². The number of phenols is 1. The van der Waals surface area contributed by atoms with Crippen LogP contribution in [0, 0.1) is 11.8 Å². The predicted molar refractivity (Wildman–Crippen MR) is 120 cm³/mol. The van der Waals surface area contributed by atoms with Crippen molar-refractivity contribution in [3.05, 3.63) is 51.3 Å². The number of primary amides is 1. The number of ether oxygens (including phenoxy) is 1. The second-order valence-electron chi connectivity index (χ2n) is 9.75. The van der Waals surface area contributed by atoms with E-state index in [1.54, 1.807) is 19.0 Å². The van der Waals surface area contributed by atoms with E-state index in [0.29, 0.717) is 6.07 Å². The lowest BCUT2D eigenvalue weighted by molar-refractivity contribution is -0.148. The number of halogens is 3. The number of rotatable bonds is 2. The molecule has 12 heteroatoms. The third kappa shape index (κ3) is 2.91. The zero-order valence-electron chi connectivity index (χ0n) is 19.3. The van der Waals surface area contributed by atoms with Crippen molar-refractivity contribution >= 4 is 23.1 Å². The maximum atomic E-state index is 14.1. The molecule has 1 spiro atoms.